The maximum Gasteiger partial charge on any atom is 0.120 e. The summed E-state index contributed by atoms with van der Waals surface area (Å²) in [5.41, 5.74) is 0.747. The van der Waals surface area contributed by atoms with E-state index in [2.05, 4.69) is 18.7 Å². The minimum Gasteiger partial charge on any atom is -0.491 e. The smallest absolute Gasteiger partial charge is 0.120 e. The third-order valence-electron chi connectivity index (χ3n) is 4.68. The van der Waals surface area contributed by atoms with Crippen LogP contribution in [0.3, 0.4) is 0 Å². The van der Waals surface area contributed by atoms with Gasteiger partial charge in [-0.05, 0) is 70.8 Å². The van der Waals surface area contributed by atoms with Crippen LogP contribution in [0.5, 0.6) is 5.75 Å². The van der Waals surface area contributed by atoms with Gasteiger partial charge in [-0.1, -0.05) is 19.1 Å². The maximum atomic E-state index is 11.0. The van der Waals surface area contributed by atoms with Gasteiger partial charge in [0, 0.05) is 5.54 Å². The van der Waals surface area contributed by atoms with E-state index in [-0.39, 0.29) is 11.6 Å². The normalized spacial score (nSPS) is 20.5. The highest BCUT2D eigenvalue weighted by atomic mass is 16.5. The molecule has 1 aromatic carbocycles. The zero-order chi connectivity index (χ0) is 15.5. The van der Waals surface area contributed by atoms with Gasteiger partial charge < -0.3 is 9.84 Å². The van der Waals surface area contributed by atoms with Crippen LogP contribution >= 0.6 is 0 Å². The van der Waals surface area contributed by atoms with Crippen molar-refractivity contribution in [2.24, 2.45) is 0 Å². The molecule has 1 heterocycles. The van der Waals surface area contributed by atoms with Gasteiger partial charge in [-0.2, -0.15) is 0 Å². The molecule has 1 N–H and O–H groups in total. The number of likely N-dealkylation sites (tertiary alicyclic amines) is 1. The quantitative estimate of drug-likeness (QED) is 0.866. The van der Waals surface area contributed by atoms with Crippen molar-refractivity contribution in [2.45, 2.75) is 64.7 Å². The molecular weight excluding hydrogens is 262 g/mol. The molecule has 2 unspecified atom stereocenters. The predicted molar refractivity (Wildman–Crippen MR) is 86.7 cm³/mol. The first kappa shape index (κ1) is 16.3. The Morgan fingerprint density at radius 2 is 1.95 bits per heavy atom. The summed E-state index contributed by atoms with van der Waals surface area (Å²) in [5, 5.41) is 11.0. The van der Waals surface area contributed by atoms with Crippen molar-refractivity contribution in [3.8, 4) is 5.75 Å². The average Bonchev–Trinajstić information content (AvgIpc) is 3.00. The Morgan fingerprint density at radius 3 is 2.52 bits per heavy atom. The van der Waals surface area contributed by atoms with Gasteiger partial charge in [-0.25, -0.2) is 0 Å². The molecule has 21 heavy (non-hydrogen) atoms. The largest absolute Gasteiger partial charge is 0.491 e. The van der Waals surface area contributed by atoms with E-state index < -0.39 is 6.10 Å². The molecule has 3 heteroatoms. The van der Waals surface area contributed by atoms with Crippen molar-refractivity contribution >= 4 is 0 Å². The fourth-order valence-electron chi connectivity index (χ4n) is 3.21. The molecule has 3 nitrogen and oxygen atoms in total. The molecule has 1 fully saturated rings. The molecule has 1 aromatic rings. The summed E-state index contributed by atoms with van der Waals surface area (Å²) in [6.07, 6.45) is 3.06. The first-order chi connectivity index (χ1) is 9.97. The third-order valence-corrected chi connectivity index (χ3v) is 4.68. The van der Waals surface area contributed by atoms with Crippen LogP contribution in [0.2, 0.25) is 0 Å². The Bertz CT molecular complexity index is 454. The summed E-state index contributed by atoms with van der Waals surface area (Å²) in [4.78, 5) is 2.44. The Kier molecular flexibility index (Phi) is 5.28. The molecule has 0 bridgehead atoms. The molecule has 118 valence electrons. The van der Waals surface area contributed by atoms with Gasteiger partial charge in [0.25, 0.3) is 0 Å². The minimum absolute atomic E-state index is 0.147. The van der Waals surface area contributed by atoms with E-state index in [0.717, 1.165) is 30.8 Å². The Morgan fingerprint density at radius 1 is 1.29 bits per heavy atom. The van der Waals surface area contributed by atoms with Crippen LogP contribution in [0.4, 0.5) is 0 Å². The zero-order valence-corrected chi connectivity index (χ0v) is 13.8. The maximum absolute atomic E-state index is 11.0. The second-order valence-electron chi connectivity index (χ2n) is 6.55. The van der Waals surface area contributed by atoms with Crippen molar-refractivity contribution < 1.29 is 9.84 Å². The predicted octanol–water partition coefficient (Wildman–Crippen LogP) is 3.77. The van der Waals surface area contributed by atoms with Gasteiger partial charge in [0.2, 0.25) is 0 Å². The van der Waals surface area contributed by atoms with Gasteiger partial charge in [-0.3, -0.25) is 4.90 Å². The number of aliphatic hydroxyl groups is 1. The SMILES string of the molecule is CCC(C)(C(O)c1cccc(OC(C)C)c1)N1CCCC1. The number of aliphatic hydroxyl groups excluding tert-OH is 1. The summed E-state index contributed by atoms with van der Waals surface area (Å²) in [6.45, 7) is 10.6. The van der Waals surface area contributed by atoms with Crippen LogP contribution in [-0.2, 0) is 0 Å². The molecule has 1 aliphatic rings. The lowest BCUT2D eigenvalue weighted by atomic mass is 9.85. The first-order valence-corrected chi connectivity index (χ1v) is 8.17. The lowest BCUT2D eigenvalue weighted by Gasteiger charge is -2.42. The molecule has 1 saturated heterocycles. The van der Waals surface area contributed by atoms with Crippen LogP contribution < -0.4 is 4.74 Å². The summed E-state index contributed by atoms with van der Waals surface area (Å²) in [7, 11) is 0. The lowest BCUT2D eigenvalue weighted by Crippen LogP contribution is -2.48. The highest BCUT2D eigenvalue weighted by molar-refractivity contribution is 5.31. The van der Waals surface area contributed by atoms with Crippen LogP contribution in [0.1, 0.15) is 58.6 Å². The second kappa shape index (κ2) is 6.80. The molecular formula is C18H29NO2. The number of benzene rings is 1. The average molecular weight is 291 g/mol. The number of rotatable bonds is 6. The standard InChI is InChI=1S/C18H29NO2/c1-5-18(4,19-11-6-7-12-19)17(20)15-9-8-10-16(13-15)21-14(2)3/h8-10,13-14,17,20H,5-7,11-12H2,1-4H3. The Labute approximate surface area is 128 Å². The van der Waals surface area contributed by atoms with Crippen molar-refractivity contribution in [3.63, 3.8) is 0 Å². The van der Waals surface area contributed by atoms with Crippen molar-refractivity contribution in [1.29, 1.82) is 0 Å². The molecule has 2 atom stereocenters. The third kappa shape index (κ3) is 3.58. The van der Waals surface area contributed by atoms with E-state index in [4.69, 9.17) is 4.74 Å². The molecule has 0 saturated carbocycles. The number of hydrogen-bond acceptors (Lipinski definition) is 3. The fraction of sp³-hybridized carbons (Fsp3) is 0.667. The van der Waals surface area contributed by atoms with Crippen LogP contribution in [0.15, 0.2) is 24.3 Å². The van der Waals surface area contributed by atoms with Gasteiger partial charge in [0.1, 0.15) is 5.75 Å². The first-order valence-electron chi connectivity index (χ1n) is 8.17. The monoisotopic (exact) mass is 291 g/mol. The van der Waals surface area contributed by atoms with Crippen LogP contribution in [0.25, 0.3) is 0 Å². The fourth-order valence-corrected chi connectivity index (χ4v) is 3.21. The lowest BCUT2D eigenvalue weighted by molar-refractivity contribution is -0.0141. The highest BCUT2D eigenvalue weighted by Gasteiger charge is 2.39. The van der Waals surface area contributed by atoms with E-state index in [9.17, 15) is 5.11 Å². The summed E-state index contributed by atoms with van der Waals surface area (Å²) < 4.78 is 5.75. The van der Waals surface area contributed by atoms with Gasteiger partial charge in [0.15, 0.2) is 0 Å². The van der Waals surface area contributed by atoms with Crippen LogP contribution in [-0.4, -0.2) is 34.7 Å². The van der Waals surface area contributed by atoms with Gasteiger partial charge >= 0.3 is 0 Å². The van der Waals surface area contributed by atoms with E-state index in [0.29, 0.717) is 0 Å². The number of nitrogens with zero attached hydrogens (tertiary/aromatic N) is 1. The highest BCUT2D eigenvalue weighted by Crippen LogP contribution is 2.37. The number of hydrogen-bond donors (Lipinski definition) is 1. The molecule has 0 aromatic heterocycles. The van der Waals surface area contributed by atoms with Gasteiger partial charge in [-0.15, -0.1) is 0 Å². The van der Waals surface area contributed by atoms with Crippen molar-refractivity contribution in [3.05, 3.63) is 29.8 Å². The summed E-state index contributed by atoms with van der Waals surface area (Å²) in [6, 6.07) is 7.90. The summed E-state index contributed by atoms with van der Waals surface area (Å²) >= 11 is 0. The molecule has 2 rings (SSSR count). The van der Waals surface area contributed by atoms with E-state index in [1.807, 2.05) is 38.1 Å². The topological polar surface area (TPSA) is 32.7 Å². The molecule has 0 aliphatic carbocycles. The Hall–Kier alpha value is -1.06. The molecule has 1 aliphatic heterocycles. The van der Waals surface area contributed by atoms with E-state index in [1.165, 1.54) is 12.8 Å². The van der Waals surface area contributed by atoms with Gasteiger partial charge in [0.05, 0.1) is 12.2 Å². The summed E-state index contributed by atoms with van der Waals surface area (Å²) in [5.74, 6) is 0.835. The van der Waals surface area contributed by atoms with Crippen molar-refractivity contribution in [2.75, 3.05) is 13.1 Å². The van der Waals surface area contributed by atoms with Crippen LogP contribution in [0, 0.1) is 0 Å². The zero-order valence-electron chi connectivity index (χ0n) is 13.8. The molecule has 0 radical (unpaired) electrons. The second-order valence-corrected chi connectivity index (χ2v) is 6.55. The number of ether oxygens (including phenoxy) is 1. The minimum atomic E-state index is -0.490. The Balaban J connectivity index is 2.22. The van der Waals surface area contributed by atoms with E-state index in [1.54, 1.807) is 0 Å². The molecule has 0 amide bonds. The van der Waals surface area contributed by atoms with E-state index >= 15 is 0 Å². The molecule has 0 spiro atoms. The van der Waals surface area contributed by atoms with Crippen molar-refractivity contribution in [1.82, 2.24) is 4.90 Å².